The number of aliphatic hydroxyl groups excluding tert-OH is 1. The Balaban J connectivity index is 3.90. The molecule has 0 aliphatic carbocycles. The summed E-state index contributed by atoms with van der Waals surface area (Å²) in [7, 11) is 0. The highest BCUT2D eigenvalue weighted by molar-refractivity contribution is 8.00. The van der Waals surface area contributed by atoms with Crippen LogP contribution in [-0.2, 0) is 9.59 Å². The van der Waals surface area contributed by atoms with Gasteiger partial charge >= 0.3 is 5.97 Å². The number of hydrogen-bond acceptors (Lipinski definition) is 5. The molecule has 0 aliphatic rings. The fraction of sp³-hybridized carbons (Fsp3) is 0.625. The van der Waals surface area contributed by atoms with Crippen molar-refractivity contribution in [3.05, 3.63) is 0 Å². The van der Waals surface area contributed by atoms with Crippen molar-refractivity contribution in [3.63, 3.8) is 0 Å². The predicted molar refractivity (Wildman–Crippen MR) is 54.2 cm³/mol. The van der Waals surface area contributed by atoms with E-state index in [0.29, 0.717) is 0 Å². The lowest BCUT2D eigenvalue weighted by Gasteiger charge is -2.12. The average molecular weight is 232 g/mol. The molecular weight excluding hydrogens is 220 g/mol. The zero-order chi connectivity index (χ0) is 11.7. The van der Waals surface area contributed by atoms with E-state index < -0.39 is 17.9 Å². The van der Waals surface area contributed by atoms with Crippen LogP contribution in [-0.4, -0.2) is 46.2 Å². The molecule has 0 saturated carbocycles. The van der Waals surface area contributed by atoms with Crippen molar-refractivity contribution in [1.82, 2.24) is 5.32 Å². The van der Waals surface area contributed by atoms with Crippen LogP contribution in [0.5, 0.6) is 0 Å². The summed E-state index contributed by atoms with van der Waals surface area (Å²) in [5, 5.41) is 27.6. The van der Waals surface area contributed by atoms with E-state index in [0.717, 1.165) is 11.8 Å². The lowest BCUT2D eigenvalue weighted by atomic mass is 10.2. The van der Waals surface area contributed by atoms with Gasteiger partial charge in [-0.1, -0.05) is 0 Å². The van der Waals surface area contributed by atoms with Crippen LogP contribution in [0, 0.1) is 11.3 Å². The van der Waals surface area contributed by atoms with Gasteiger partial charge in [-0.05, 0) is 0 Å². The Labute approximate surface area is 91.3 Å². The van der Waals surface area contributed by atoms with Gasteiger partial charge in [0.1, 0.15) is 6.04 Å². The fourth-order valence-corrected chi connectivity index (χ4v) is 1.27. The Bertz CT molecular complexity index is 264. The maximum absolute atomic E-state index is 11.1. The normalized spacial score (nSPS) is 11.5. The molecule has 0 spiro atoms. The third kappa shape index (κ3) is 6.76. The van der Waals surface area contributed by atoms with Crippen molar-refractivity contribution in [1.29, 1.82) is 5.26 Å². The van der Waals surface area contributed by atoms with Gasteiger partial charge in [-0.25, -0.2) is 4.79 Å². The molecule has 1 atom stereocenters. The molecule has 15 heavy (non-hydrogen) atoms. The van der Waals surface area contributed by atoms with Crippen LogP contribution in [0.4, 0.5) is 0 Å². The molecule has 0 aromatic carbocycles. The van der Waals surface area contributed by atoms with Crippen molar-refractivity contribution in [2.45, 2.75) is 12.5 Å². The largest absolute Gasteiger partial charge is 0.480 e. The molecule has 0 radical (unpaired) electrons. The third-order valence-corrected chi connectivity index (χ3v) is 2.25. The molecule has 0 aromatic heterocycles. The summed E-state index contributed by atoms with van der Waals surface area (Å²) < 4.78 is 0. The van der Waals surface area contributed by atoms with Crippen LogP contribution in [0.2, 0.25) is 0 Å². The molecule has 84 valence electrons. The minimum absolute atomic E-state index is 0.0238. The van der Waals surface area contributed by atoms with Gasteiger partial charge in [-0.15, -0.1) is 11.8 Å². The number of carbonyl (C=O) groups excluding carboxylic acids is 1. The smallest absolute Gasteiger partial charge is 0.326 e. The first-order valence-electron chi connectivity index (χ1n) is 4.19. The Hall–Kier alpha value is -1.26. The van der Waals surface area contributed by atoms with Crippen LogP contribution in [0.1, 0.15) is 6.42 Å². The number of thioether (sulfide) groups is 1. The molecule has 7 heteroatoms. The molecule has 0 heterocycles. The SMILES string of the molecule is N#CCSCC(=O)N[C@@H](CCO)C(=O)O. The van der Waals surface area contributed by atoms with E-state index in [1.807, 2.05) is 6.07 Å². The standard InChI is InChI=1S/C8H12N2O4S/c9-2-4-15-5-7(12)10-6(1-3-11)8(13)14/h6,11H,1,3-5H2,(H,10,12)(H,13,14)/t6-/m0/s1. The summed E-state index contributed by atoms with van der Waals surface area (Å²) in [5.74, 6) is -1.40. The molecule has 0 unspecified atom stereocenters. The van der Waals surface area contributed by atoms with Crippen molar-refractivity contribution >= 4 is 23.6 Å². The quantitative estimate of drug-likeness (QED) is 0.495. The number of nitriles is 1. The lowest BCUT2D eigenvalue weighted by Crippen LogP contribution is -2.42. The number of carboxylic acid groups (broad SMARTS) is 1. The van der Waals surface area contributed by atoms with E-state index in [2.05, 4.69) is 5.32 Å². The maximum atomic E-state index is 11.1. The second-order valence-electron chi connectivity index (χ2n) is 2.62. The summed E-state index contributed by atoms with van der Waals surface area (Å²) in [5.41, 5.74) is 0. The van der Waals surface area contributed by atoms with Crippen molar-refractivity contribution in [3.8, 4) is 6.07 Å². The number of rotatable bonds is 7. The van der Waals surface area contributed by atoms with Crippen LogP contribution in [0.15, 0.2) is 0 Å². The number of amides is 1. The number of carboxylic acids is 1. The second-order valence-corrected chi connectivity index (χ2v) is 3.61. The van der Waals surface area contributed by atoms with E-state index in [1.165, 1.54) is 0 Å². The molecule has 1 amide bonds. The first-order chi connectivity index (χ1) is 7.11. The van der Waals surface area contributed by atoms with Crippen molar-refractivity contribution in [2.75, 3.05) is 18.1 Å². The highest BCUT2D eigenvalue weighted by atomic mass is 32.2. The van der Waals surface area contributed by atoms with Crippen LogP contribution < -0.4 is 5.32 Å². The summed E-state index contributed by atoms with van der Waals surface area (Å²) >= 11 is 1.10. The van der Waals surface area contributed by atoms with Crippen LogP contribution in [0.25, 0.3) is 0 Å². The topological polar surface area (TPSA) is 110 Å². The fourth-order valence-electron chi connectivity index (χ4n) is 0.812. The maximum Gasteiger partial charge on any atom is 0.326 e. The number of nitrogens with zero attached hydrogens (tertiary/aromatic N) is 1. The Morgan fingerprint density at radius 1 is 1.53 bits per heavy atom. The van der Waals surface area contributed by atoms with E-state index in [9.17, 15) is 9.59 Å². The summed E-state index contributed by atoms with van der Waals surface area (Å²) in [4.78, 5) is 21.7. The number of aliphatic carboxylic acids is 1. The van der Waals surface area contributed by atoms with Crippen molar-refractivity contribution in [2.24, 2.45) is 0 Å². The van der Waals surface area contributed by atoms with Gasteiger partial charge in [0, 0.05) is 13.0 Å². The Kier molecular flexibility index (Phi) is 7.40. The van der Waals surface area contributed by atoms with Gasteiger partial charge in [0.2, 0.25) is 5.91 Å². The number of aliphatic hydroxyl groups is 1. The number of carbonyl (C=O) groups is 2. The highest BCUT2D eigenvalue weighted by Crippen LogP contribution is 1.98. The van der Waals surface area contributed by atoms with Crippen LogP contribution >= 0.6 is 11.8 Å². The lowest BCUT2D eigenvalue weighted by molar-refractivity contribution is -0.141. The molecule has 6 nitrogen and oxygen atoms in total. The summed E-state index contributed by atoms with van der Waals surface area (Å²) in [6.07, 6.45) is -0.0238. The second kappa shape index (κ2) is 8.08. The third-order valence-electron chi connectivity index (χ3n) is 1.45. The van der Waals surface area contributed by atoms with E-state index in [-0.39, 0.29) is 24.5 Å². The number of nitrogens with one attached hydrogen (secondary N) is 1. The molecule has 0 fully saturated rings. The van der Waals surface area contributed by atoms with E-state index >= 15 is 0 Å². The Morgan fingerprint density at radius 2 is 2.20 bits per heavy atom. The van der Waals surface area contributed by atoms with Gasteiger partial charge in [0.05, 0.1) is 17.6 Å². The molecular formula is C8H12N2O4S. The first-order valence-corrected chi connectivity index (χ1v) is 5.35. The van der Waals surface area contributed by atoms with Gasteiger partial charge in [0.25, 0.3) is 0 Å². The first kappa shape index (κ1) is 13.7. The molecule has 0 rings (SSSR count). The van der Waals surface area contributed by atoms with Gasteiger partial charge < -0.3 is 15.5 Å². The predicted octanol–water partition coefficient (Wildman–Crippen LogP) is -0.805. The highest BCUT2D eigenvalue weighted by Gasteiger charge is 2.18. The number of hydrogen-bond donors (Lipinski definition) is 3. The van der Waals surface area contributed by atoms with E-state index in [1.54, 1.807) is 0 Å². The minimum atomic E-state index is -1.18. The summed E-state index contributed by atoms with van der Waals surface area (Å²) in [6, 6.07) is 0.786. The van der Waals surface area contributed by atoms with Gasteiger partial charge in [-0.2, -0.15) is 5.26 Å². The average Bonchev–Trinajstić information content (AvgIpc) is 2.17. The zero-order valence-corrected chi connectivity index (χ0v) is 8.79. The molecule has 3 N–H and O–H groups in total. The Morgan fingerprint density at radius 3 is 2.67 bits per heavy atom. The van der Waals surface area contributed by atoms with Gasteiger partial charge in [0.15, 0.2) is 0 Å². The van der Waals surface area contributed by atoms with Crippen molar-refractivity contribution < 1.29 is 19.8 Å². The summed E-state index contributed by atoms with van der Waals surface area (Å²) in [6.45, 7) is -0.303. The molecule has 0 bridgehead atoms. The molecule has 0 aliphatic heterocycles. The monoisotopic (exact) mass is 232 g/mol. The van der Waals surface area contributed by atoms with Gasteiger partial charge in [-0.3, -0.25) is 4.79 Å². The molecule has 0 saturated heterocycles. The zero-order valence-electron chi connectivity index (χ0n) is 7.97. The minimum Gasteiger partial charge on any atom is -0.480 e. The van der Waals surface area contributed by atoms with E-state index in [4.69, 9.17) is 15.5 Å². The molecule has 0 aromatic rings. The van der Waals surface area contributed by atoms with Crippen LogP contribution in [0.3, 0.4) is 0 Å².